The fourth-order valence-electron chi connectivity index (χ4n) is 9.26. The Bertz CT molecular complexity index is 1250. The van der Waals surface area contributed by atoms with Crippen LogP contribution in [0.4, 0.5) is 0 Å². The normalized spacial score (nSPS) is 40.0. The van der Waals surface area contributed by atoms with E-state index in [0.717, 1.165) is 48.0 Å². The third-order valence-electron chi connectivity index (χ3n) is 11.6. The number of aliphatic hydroxyl groups is 3. The molecule has 4 aliphatic rings. The molecule has 0 bridgehead atoms. The summed E-state index contributed by atoms with van der Waals surface area (Å²) < 4.78 is 17.4. The van der Waals surface area contributed by atoms with Crippen LogP contribution in [0, 0.1) is 28.1 Å². The zero-order valence-corrected chi connectivity index (χ0v) is 28.8. The minimum Gasteiger partial charge on any atom is -0.462 e. The van der Waals surface area contributed by atoms with Gasteiger partial charge in [-0.2, -0.15) is 0 Å². The summed E-state index contributed by atoms with van der Waals surface area (Å²) in [4.78, 5) is 25.6. The highest BCUT2D eigenvalue weighted by molar-refractivity contribution is 6.00. The molecule has 252 valence electrons. The Morgan fingerprint density at radius 2 is 1.69 bits per heavy atom. The fourth-order valence-corrected chi connectivity index (χ4v) is 9.26. The molecule has 1 aliphatic heterocycles. The standard InChI is InChI=1S/C37H56O8/c1-21(2)13-14-27(45-34-33(42)32(41)26(40)20-43-34)22(3)11-10-12-23(4)31-25(39)19-29-36(8)18-16-30(44-24(5)38)35(6,7)28(36)15-17-37(29,31)9/h10-13,26-30,32-34,40-42H,14-20H2,1-9H3/b12-10+,22-11+,31-23+/t26-,27+,28-,29-,30+,32-,33-,34-,36-,37-/m0/s1. The zero-order valence-electron chi connectivity index (χ0n) is 28.8. The highest BCUT2D eigenvalue weighted by Gasteiger charge is 2.65. The van der Waals surface area contributed by atoms with Crippen LogP contribution in [-0.4, -0.2) is 70.5 Å². The molecule has 3 aliphatic carbocycles. The Kier molecular flexibility index (Phi) is 10.8. The second kappa shape index (κ2) is 13.6. The topological polar surface area (TPSA) is 123 Å². The molecule has 8 heteroatoms. The van der Waals surface area contributed by atoms with E-state index < -0.39 is 30.7 Å². The van der Waals surface area contributed by atoms with Gasteiger partial charge in [0.1, 0.15) is 24.4 Å². The summed E-state index contributed by atoms with van der Waals surface area (Å²) in [6, 6.07) is 0. The highest BCUT2D eigenvalue weighted by atomic mass is 16.7. The van der Waals surface area contributed by atoms with Crippen molar-refractivity contribution in [1.29, 1.82) is 0 Å². The lowest BCUT2D eigenvalue weighted by atomic mass is 9.43. The third-order valence-corrected chi connectivity index (χ3v) is 11.6. The van der Waals surface area contributed by atoms with Gasteiger partial charge in [0.25, 0.3) is 0 Å². The van der Waals surface area contributed by atoms with Gasteiger partial charge >= 0.3 is 5.97 Å². The zero-order chi connectivity index (χ0) is 33.5. The van der Waals surface area contributed by atoms with E-state index in [0.29, 0.717) is 18.8 Å². The van der Waals surface area contributed by atoms with E-state index in [1.54, 1.807) is 0 Å². The quantitative estimate of drug-likeness (QED) is 0.134. The molecule has 3 saturated carbocycles. The molecular formula is C37H56O8. The molecule has 1 saturated heterocycles. The number of aliphatic hydroxyl groups excluding tert-OH is 3. The summed E-state index contributed by atoms with van der Waals surface area (Å²) >= 11 is 0. The van der Waals surface area contributed by atoms with E-state index in [-0.39, 0.29) is 46.6 Å². The molecular weight excluding hydrogens is 572 g/mol. The molecule has 45 heavy (non-hydrogen) atoms. The second-order valence-corrected chi connectivity index (χ2v) is 15.4. The van der Waals surface area contributed by atoms with E-state index in [9.17, 15) is 24.9 Å². The van der Waals surface area contributed by atoms with Gasteiger partial charge in [0, 0.05) is 29.7 Å². The van der Waals surface area contributed by atoms with Crippen molar-refractivity contribution in [1.82, 2.24) is 0 Å². The van der Waals surface area contributed by atoms with E-state index in [2.05, 4.69) is 33.8 Å². The largest absolute Gasteiger partial charge is 0.462 e. The highest BCUT2D eigenvalue weighted by Crippen LogP contribution is 2.69. The third kappa shape index (κ3) is 6.96. The van der Waals surface area contributed by atoms with Gasteiger partial charge in [0.05, 0.1) is 12.7 Å². The maximum atomic E-state index is 13.8. The molecule has 0 unspecified atom stereocenters. The number of rotatable bonds is 8. The van der Waals surface area contributed by atoms with Crippen LogP contribution >= 0.6 is 0 Å². The summed E-state index contributed by atoms with van der Waals surface area (Å²) in [5, 5.41) is 30.4. The van der Waals surface area contributed by atoms with Crippen molar-refractivity contribution in [2.75, 3.05) is 6.61 Å². The first kappa shape index (κ1) is 35.7. The first-order valence-electron chi connectivity index (χ1n) is 16.6. The molecule has 0 radical (unpaired) electrons. The molecule has 0 aromatic heterocycles. The lowest BCUT2D eigenvalue weighted by Crippen LogP contribution is -2.58. The first-order valence-corrected chi connectivity index (χ1v) is 16.6. The molecule has 0 spiro atoms. The number of carbonyl (C=O) groups is 2. The summed E-state index contributed by atoms with van der Waals surface area (Å²) in [5.41, 5.74) is 3.56. The van der Waals surface area contributed by atoms with Crippen molar-refractivity contribution in [3.8, 4) is 0 Å². The van der Waals surface area contributed by atoms with Gasteiger partial charge in [-0.05, 0) is 88.2 Å². The van der Waals surface area contributed by atoms with E-state index in [1.165, 1.54) is 6.92 Å². The first-order chi connectivity index (χ1) is 20.9. The summed E-state index contributed by atoms with van der Waals surface area (Å²) in [5.74, 6) is 0.616. The van der Waals surface area contributed by atoms with Gasteiger partial charge in [0.2, 0.25) is 0 Å². The van der Waals surface area contributed by atoms with Gasteiger partial charge in [-0.3, -0.25) is 9.59 Å². The second-order valence-electron chi connectivity index (χ2n) is 15.4. The minimum atomic E-state index is -1.36. The smallest absolute Gasteiger partial charge is 0.302 e. The van der Waals surface area contributed by atoms with Gasteiger partial charge < -0.3 is 29.5 Å². The number of allylic oxidation sites excluding steroid dienone is 6. The average molecular weight is 629 g/mol. The molecule has 4 rings (SSSR count). The van der Waals surface area contributed by atoms with Crippen LogP contribution in [0.2, 0.25) is 0 Å². The summed E-state index contributed by atoms with van der Waals surface area (Å²) in [6.07, 6.45) is 7.33. The van der Waals surface area contributed by atoms with Gasteiger partial charge in [0.15, 0.2) is 12.1 Å². The maximum absolute atomic E-state index is 13.8. The van der Waals surface area contributed by atoms with Crippen LogP contribution < -0.4 is 0 Å². The minimum absolute atomic E-state index is 0.0179. The summed E-state index contributed by atoms with van der Waals surface area (Å²) in [7, 11) is 0. The van der Waals surface area contributed by atoms with Crippen LogP contribution in [0.1, 0.15) is 101 Å². The SMILES string of the molecule is CC(=O)O[C@@H]1CC[C@@]2(C)[C@@H](CC[C@]3(C)/C(=C(C)/C=C/C=C(\C)[C@@H](CC=C(C)C)O[C@@H]4OC[C@H](O)[C@H](O)[C@@H]4O)C(=O)C[C@@H]23)C1(C)C. The number of hydrogen-bond acceptors (Lipinski definition) is 8. The Hall–Kier alpha value is -2.10. The monoisotopic (exact) mass is 628 g/mol. The van der Waals surface area contributed by atoms with Gasteiger partial charge in [-0.1, -0.05) is 57.6 Å². The Morgan fingerprint density at radius 1 is 1.00 bits per heavy atom. The molecule has 4 fully saturated rings. The fraction of sp³-hybridized carbons (Fsp3) is 0.730. The molecule has 10 atom stereocenters. The maximum Gasteiger partial charge on any atom is 0.302 e. The van der Waals surface area contributed by atoms with Crippen LogP contribution in [0.5, 0.6) is 0 Å². The summed E-state index contributed by atoms with van der Waals surface area (Å²) in [6.45, 7) is 18.5. The molecule has 0 amide bonds. The number of ketones is 1. The predicted molar refractivity (Wildman–Crippen MR) is 173 cm³/mol. The van der Waals surface area contributed by atoms with Gasteiger partial charge in [-0.15, -0.1) is 0 Å². The van der Waals surface area contributed by atoms with E-state index >= 15 is 0 Å². The van der Waals surface area contributed by atoms with Gasteiger partial charge in [-0.25, -0.2) is 0 Å². The number of hydrogen-bond donors (Lipinski definition) is 3. The van der Waals surface area contributed by atoms with Crippen molar-refractivity contribution in [3.63, 3.8) is 0 Å². The lowest BCUT2D eigenvalue weighted by molar-refractivity contribution is -0.278. The Labute approximate surface area is 269 Å². The Balaban J connectivity index is 1.55. The van der Waals surface area contributed by atoms with Crippen molar-refractivity contribution in [3.05, 3.63) is 46.6 Å². The molecule has 8 nitrogen and oxygen atoms in total. The molecule has 0 aromatic rings. The predicted octanol–water partition coefficient (Wildman–Crippen LogP) is 5.75. The number of Topliss-reactive ketones (excluding diaryl/α,β-unsaturated/α-hetero) is 1. The Morgan fingerprint density at radius 3 is 2.33 bits per heavy atom. The van der Waals surface area contributed by atoms with Crippen molar-refractivity contribution < 1.29 is 39.1 Å². The average Bonchev–Trinajstić information content (AvgIpc) is 3.23. The van der Waals surface area contributed by atoms with Crippen molar-refractivity contribution >= 4 is 11.8 Å². The molecule has 1 heterocycles. The molecule has 3 N–H and O–H groups in total. The lowest BCUT2D eigenvalue weighted by Gasteiger charge is -2.62. The number of carbonyl (C=O) groups excluding carboxylic acids is 2. The van der Waals surface area contributed by atoms with Crippen LogP contribution in [0.25, 0.3) is 0 Å². The number of ether oxygens (including phenoxy) is 3. The molecule has 0 aromatic carbocycles. The van der Waals surface area contributed by atoms with Crippen molar-refractivity contribution in [2.24, 2.45) is 28.1 Å². The van der Waals surface area contributed by atoms with Crippen molar-refractivity contribution in [2.45, 2.75) is 138 Å². The van der Waals surface area contributed by atoms with Crippen LogP contribution in [0.15, 0.2) is 46.6 Å². The van der Waals surface area contributed by atoms with Crippen LogP contribution in [-0.2, 0) is 23.8 Å². The van der Waals surface area contributed by atoms with Crippen LogP contribution in [0.3, 0.4) is 0 Å². The van der Waals surface area contributed by atoms with E-state index in [4.69, 9.17) is 14.2 Å². The van der Waals surface area contributed by atoms with E-state index in [1.807, 2.05) is 45.9 Å². The number of esters is 1. The number of fused-ring (bicyclic) bond motifs is 3.